The zero-order chi connectivity index (χ0) is 16.7. The monoisotopic (exact) mass is 447 g/mol. The molecule has 5 nitrogen and oxygen atoms in total. The predicted molar refractivity (Wildman–Crippen MR) is 110 cm³/mol. The van der Waals surface area contributed by atoms with Gasteiger partial charge in [0.1, 0.15) is 0 Å². The average Bonchev–Trinajstić information content (AvgIpc) is 2.58. The number of rotatable bonds is 5. The van der Waals surface area contributed by atoms with Crippen LogP contribution in [0.3, 0.4) is 0 Å². The van der Waals surface area contributed by atoms with Crippen molar-refractivity contribution < 1.29 is 9.47 Å². The summed E-state index contributed by atoms with van der Waals surface area (Å²) >= 11 is 0. The van der Waals surface area contributed by atoms with Crippen LogP contribution in [0.15, 0.2) is 23.2 Å². The first-order valence-electron chi connectivity index (χ1n) is 8.42. The first kappa shape index (κ1) is 20.9. The number of piperidine rings is 1. The van der Waals surface area contributed by atoms with E-state index in [9.17, 15) is 0 Å². The number of nitrogens with one attached hydrogen (secondary N) is 1. The van der Waals surface area contributed by atoms with E-state index in [1.165, 1.54) is 12.8 Å². The van der Waals surface area contributed by atoms with Crippen LogP contribution in [0.2, 0.25) is 0 Å². The number of hydrogen-bond acceptors (Lipinski definition) is 3. The second-order valence-corrected chi connectivity index (χ2v) is 6.02. The molecular weight excluding hydrogens is 417 g/mol. The third kappa shape index (κ3) is 5.43. The van der Waals surface area contributed by atoms with Gasteiger partial charge >= 0.3 is 0 Å². The van der Waals surface area contributed by atoms with Crippen molar-refractivity contribution in [1.82, 2.24) is 10.2 Å². The molecule has 0 bridgehead atoms. The molecule has 1 atom stereocenters. The fourth-order valence-electron chi connectivity index (χ4n) is 3.05. The van der Waals surface area contributed by atoms with Gasteiger partial charge in [-0.05, 0) is 31.7 Å². The lowest BCUT2D eigenvalue weighted by Crippen LogP contribution is -2.46. The van der Waals surface area contributed by atoms with E-state index in [1.807, 2.05) is 18.2 Å². The number of aliphatic imine (C=N–C) groups is 1. The maximum absolute atomic E-state index is 5.49. The summed E-state index contributed by atoms with van der Waals surface area (Å²) in [5, 5.41) is 3.41. The topological polar surface area (TPSA) is 46.1 Å². The Labute approximate surface area is 162 Å². The van der Waals surface area contributed by atoms with Crippen molar-refractivity contribution in [1.29, 1.82) is 0 Å². The lowest BCUT2D eigenvalue weighted by atomic mass is 10.0. The van der Waals surface area contributed by atoms with Crippen molar-refractivity contribution in [2.24, 2.45) is 10.9 Å². The van der Waals surface area contributed by atoms with E-state index in [-0.39, 0.29) is 24.0 Å². The van der Waals surface area contributed by atoms with Crippen LogP contribution < -0.4 is 14.8 Å². The molecule has 1 N–H and O–H groups in total. The highest BCUT2D eigenvalue weighted by Gasteiger charge is 2.19. The Kier molecular flexibility index (Phi) is 9.25. The van der Waals surface area contributed by atoms with Gasteiger partial charge in [0.15, 0.2) is 17.5 Å². The molecule has 0 spiro atoms. The van der Waals surface area contributed by atoms with Crippen LogP contribution in [0.5, 0.6) is 11.5 Å². The third-order valence-electron chi connectivity index (χ3n) is 4.18. The lowest BCUT2D eigenvalue weighted by molar-refractivity contribution is 0.266. The zero-order valence-electron chi connectivity index (χ0n) is 15.2. The van der Waals surface area contributed by atoms with Crippen LogP contribution in [-0.2, 0) is 6.54 Å². The summed E-state index contributed by atoms with van der Waals surface area (Å²) in [6.07, 6.45) is 2.54. The Bertz CT molecular complexity index is 537. The van der Waals surface area contributed by atoms with Gasteiger partial charge in [0.05, 0.1) is 20.8 Å². The molecule has 0 aromatic heterocycles. The van der Waals surface area contributed by atoms with Gasteiger partial charge in [-0.3, -0.25) is 0 Å². The van der Waals surface area contributed by atoms with Crippen LogP contribution in [0.1, 0.15) is 32.3 Å². The fraction of sp³-hybridized carbons (Fsp3) is 0.611. The number of nitrogens with zero attached hydrogens (tertiary/aromatic N) is 2. The second-order valence-electron chi connectivity index (χ2n) is 6.02. The molecule has 0 radical (unpaired) electrons. The van der Waals surface area contributed by atoms with E-state index < -0.39 is 0 Å². The summed E-state index contributed by atoms with van der Waals surface area (Å²) in [6, 6.07) is 5.92. The number of likely N-dealkylation sites (tertiary alicyclic amines) is 1. The summed E-state index contributed by atoms with van der Waals surface area (Å²) < 4.78 is 10.9. The summed E-state index contributed by atoms with van der Waals surface area (Å²) in [6.45, 7) is 8.01. The van der Waals surface area contributed by atoms with E-state index in [0.29, 0.717) is 6.54 Å². The molecule has 1 aromatic rings. The van der Waals surface area contributed by atoms with Crippen LogP contribution >= 0.6 is 24.0 Å². The number of para-hydroxylation sites is 1. The smallest absolute Gasteiger partial charge is 0.194 e. The summed E-state index contributed by atoms with van der Waals surface area (Å²) in [5.41, 5.74) is 1.03. The highest BCUT2D eigenvalue weighted by atomic mass is 127. The molecule has 0 saturated carbocycles. The molecule has 1 heterocycles. The Morgan fingerprint density at radius 3 is 2.75 bits per heavy atom. The van der Waals surface area contributed by atoms with Crippen LogP contribution in [-0.4, -0.2) is 44.7 Å². The Morgan fingerprint density at radius 2 is 2.12 bits per heavy atom. The normalized spacial score (nSPS) is 17.9. The van der Waals surface area contributed by atoms with Crippen molar-refractivity contribution in [3.05, 3.63) is 23.8 Å². The van der Waals surface area contributed by atoms with Crippen LogP contribution in [0, 0.1) is 5.92 Å². The van der Waals surface area contributed by atoms with Crippen molar-refractivity contribution in [3.8, 4) is 11.5 Å². The van der Waals surface area contributed by atoms with Gasteiger partial charge < -0.3 is 19.7 Å². The molecule has 1 aromatic carbocycles. The van der Waals surface area contributed by atoms with Crippen LogP contribution in [0.4, 0.5) is 0 Å². The fourth-order valence-corrected chi connectivity index (χ4v) is 3.05. The van der Waals surface area contributed by atoms with Crippen molar-refractivity contribution in [3.63, 3.8) is 0 Å². The summed E-state index contributed by atoms with van der Waals surface area (Å²) in [7, 11) is 3.33. The Morgan fingerprint density at radius 1 is 1.33 bits per heavy atom. The number of benzene rings is 1. The summed E-state index contributed by atoms with van der Waals surface area (Å²) in [5.74, 6) is 3.22. The molecule has 2 rings (SSSR count). The van der Waals surface area contributed by atoms with Crippen molar-refractivity contribution >= 4 is 29.9 Å². The van der Waals surface area contributed by atoms with Gasteiger partial charge in [0.2, 0.25) is 0 Å². The van der Waals surface area contributed by atoms with Crippen LogP contribution in [0.25, 0.3) is 0 Å². The van der Waals surface area contributed by atoms with Crippen molar-refractivity contribution in [2.75, 3.05) is 33.9 Å². The predicted octanol–water partition coefficient (Wildman–Crippen LogP) is 3.52. The third-order valence-corrected chi connectivity index (χ3v) is 4.18. The van der Waals surface area contributed by atoms with Gasteiger partial charge in [-0.15, -0.1) is 24.0 Å². The molecule has 24 heavy (non-hydrogen) atoms. The molecule has 1 aliphatic heterocycles. The molecule has 6 heteroatoms. The quantitative estimate of drug-likeness (QED) is 0.426. The average molecular weight is 447 g/mol. The minimum atomic E-state index is 0. The lowest BCUT2D eigenvalue weighted by Gasteiger charge is -2.33. The molecule has 1 unspecified atom stereocenters. The standard InChI is InChI=1S/C18H29N3O2.HI/c1-5-19-18(21-11-7-8-14(2)13-21)20-12-15-9-6-10-16(22-3)17(15)23-4;/h6,9-10,14H,5,7-8,11-13H2,1-4H3,(H,19,20);1H. The van der Waals surface area contributed by atoms with Gasteiger partial charge in [0, 0.05) is 25.2 Å². The van der Waals surface area contributed by atoms with E-state index in [4.69, 9.17) is 14.5 Å². The highest BCUT2D eigenvalue weighted by molar-refractivity contribution is 14.0. The molecule has 0 amide bonds. The van der Waals surface area contributed by atoms with Gasteiger partial charge in [-0.1, -0.05) is 19.1 Å². The first-order chi connectivity index (χ1) is 11.2. The number of guanidine groups is 1. The number of ether oxygens (including phenoxy) is 2. The molecule has 0 aliphatic carbocycles. The molecular formula is C18H30IN3O2. The minimum Gasteiger partial charge on any atom is -0.493 e. The number of halogens is 1. The highest BCUT2D eigenvalue weighted by Crippen LogP contribution is 2.31. The Hall–Kier alpha value is -1.18. The molecule has 1 aliphatic rings. The van der Waals surface area contributed by atoms with E-state index >= 15 is 0 Å². The van der Waals surface area contributed by atoms with E-state index in [0.717, 1.165) is 48.6 Å². The Balaban J connectivity index is 0.00000288. The zero-order valence-corrected chi connectivity index (χ0v) is 17.5. The molecule has 1 saturated heterocycles. The number of methoxy groups -OCH3 is 2. The summed E-state index contributed by atoms with van der Waals surface area (Å²) in [4.78, 5) is 7.19. The first-order valence-corrected chi connectivity index (χ1v) is 8.42. The second kappa shape index (κ2) is 10.6. The van der Waals surface area contributed by atoms with Gasteiger partial charge in [-0.2, -0.15) is 0 Å². The molecule has 136 valence electrons. The maximum atomic E-state index is 5.49. The van der Waals surface area contributed by atoms with Gasteiger partial charge in [-0.25, -0.2) is 4.99 Å². The largest absolute Gasteiger partial charge is 0.493 e. The number of hydrogen-bond donors (Lipinski definition) is 1. The van der Waals surface area contributed by atoms with Gasteiger partial charge in [0.25, 0.3) is 0 Å². The van der Waals surface area contributed by atoms with Crippen molar-refractivity contribution in [2.45, 2.75) is 33.2 Å². The SMILES string of the molecule is CCNC(=NCc1cccc(OC)c1OC)N1CCCC(C)C1.I. The minimum absolute atomic E-state index is 0. The van der Waals surface area contributed by atoms with E-state index in [1.54, 1.807) is 14.2 Å². The molecule has 1 fully saturated rings. The maximum Gasteiger partial charge on any atom is 0.194 e. The van der Waals surface area contributed by atoms with E-state index in [2.05, 4.69) is 24.1 Å².